The number of amides is 1. The summed E-state index contributed by atoms with van der Waals surface area (Å²) < 4.78 is 120. The fraction of sp³-hybridized carbons (Fsp3) is 0.306. The molecule has 0 bridgehead atoms. The molecule has 1 fully saturated rings. The zero-order valence-electron chi connectivity index (χ0n) is 29.1. The number of anilines is 1. The maximum Gasteiger partial charge on any atom is 0.293 e. The fourth-order valence-corrected chi connectivity index (χ4v) is 8.18. The molecule has 21 heteroatoms. The van der Waals surface area contributed by atoms with Gasteiger partial charge in [0.05, 0.1) is 45.5 Å². The third-order valence-electron chi connectivity index (χ3n) is 9.59. The van der Waals surface area contributed by atoms with Gasteiger partial charge in [0.15, 0.2) is 0 Å². The van der Waals surface area contributed by atoms with E-state index in [0.29, 0.717) is 15.2 Å². The third kappa shape index (κ3) is 7.70. The molecule has 4 N–H and O–H groups in total. The third-order valence-corrected chi connectivity index (χ3v) is 10.8. The molecule has 7 rings (SSSR count). The fourth-order valence-electron chi connectivity index (χ4n) is 7.28. The van der Waals surface area contributed by atoms with Crippen molar-refractivity contribution >= 4 is 67.8 Å². The summed E-state index contributed by atoms with van der Waals surface area (Å²) in [5.74, 6) is -9.39. The summed E-state index contributed by atoms with van der Waals surface area (Å²) in [6.07, 6.45) is -5.08. The van der Waals surface area contributed by atoms with Crippen molar-refractivity contribution in [1.82, 2.24) is 29.4 Å². The molecule has 2 aliphatic rings. The maximum absolute atomic E-state index is 15.4. The van der Waals surface area contributed by atoms with Crippen molar-refractivity contribution in [3.63, 3.8) is 0 Å². The van der Waals surface area contributed by atoms with Crippen molar-refractivity contribution in [1.29, 1.82) is 5.41 Å². The predicted octanol–water partition coefficient (Wildman–Crippen LogP) is 8.39. The molecule has 1 saturated carbocycles. The molecule has 5 aromatic rings. The second-order valence-corrected chi connectivity index (χ2v) is 15.3. The number of hydrogen-bond acceptors (Lipinski definition) is 7. The van der Waals surface area contributed by atoms with Crippen LogP contribution in [-0.2, 0) is 23.7 Å². The summed E-state index contributed by atoms with van der Waals surface area (Å²) in [5.41, 5.74) is -3.38. The van der Waals surface area contributed by atoms with Gasteiger partial charge in [-0.2, -0.15) is 13.9 Å². The van der Waals surface area contributed by atoms with E-state index in [-0.39, 0.29) is 62.1 Å². The summed E-state index contributed by atoms with van der Waals surface area (Å²) in [6, 6.07) is 7.87. The molecule has 2 aromatic heterocycles. The minimum atomic E-state index is -3.56. The molecule has 3 atom stereocenters. The van der Waals surface area contributed by atoms with E-state index in [9.17, 15) is 35.9 Å². The van der Waals surface area contributed by atoms with Gasteiger partial charge < -0.3 is 15.4 Å². The average Bonchev–Trinajstić information content (AvgIpc) is 3.78. The number of nitrogens with zero attached hydrogens (tertiary/aromatic N) is 4. The number of alkyl halides is 6. The van der Waals surface area contributed by atoms with E-state index >= 15 is 8.78 Å². The number of fused-ring (bicyclic) bond motifs is 4. The molecule has 2 aliphatic carbocycles. The zero-order chi connectivity index (χ0) is 41.1. The first-order valence-corrected chi connectivity index (χ1v) is 19.4. The molecular formula is C36H28BrClF8N8O2S. The molecule has 57 heavy (non-hydrogen) atoms. The van der Waals surface area contributed by atoms with Crippen molar-refractivity contribution in [3.05, 3.63) is 114 Å². The molecule has 0 aliphatic heterocycles. The van der Waals surface area contributed by atoms with Crippen molar-refractivity contribution in [2.75, 3.05) is 18.1 Å². The van der Waals surface area contributed by atoms with Gasteiger partial charge in [-0.15, -0.1) is 0 Å². The predicted molar refractivity (Wildman–Crippen MR) is 201 cm³/mol. The Morgan fingerprint density at radius 2 is 1.82 bits per heavy atom. The van der Waals surface area contributed by atoms with Crippen LogP contribution in [0.4, 0.5) is 40.8 Å². The summed E-state index contributed by atoms with van der Waals surface area (Å²) in [5, 5.41) is 17.3. The molecule has 0 spiro atoms. The van der Waals surface area contributed by atoms with Crippen molar-refractivity contribution in [2.45, 2.75) is 50.1 Å². The average molecular weight is 904 g/mol. The van der Waals surface area contributed by atoms with Crippen LogP contribution in [0.15, 0.2) is 57.8 Å². The molecule has 0 radical (unpaired) electrons. The topological polar surface area (TPSA) is 130 Å². The van der Waals surface area contributed by atoms with Crippen LogP contribution in [0.5, 0.6) is 0 Å². The number of benzene rings is 3. The number of nitrogens with one attached hydrogen (secondary N) is 4. The Hall–Kier alpha value is -4.69. The molecule has 3 aromatic carbocycles. The lowest BCUT2D eigenvalue weighted by Crippen LogP contribution is -2.38. The van der Waals surface area contributed by atoms with E-state index in [0.717, 1.165) is 28.6 Å². The summed E-state index contributed by atoms with van der Waals surface area (Å²) in [4.78, 5) is 33.2. The van der Waals surface area contributed by atoms with Gasteiger partial charge in [-0.25, -0.2) is 31.3 Å². The minimum Gasteiger partial charge on any atom is -0.377 e. The quantitative estimate of drug-likeness (QED) is 0.0405. The minimum absolute atomic E-state index is 0.00937. The lowest BCUT2D eigenvalue weighted by atomic mass is 10.0. The van der Waals surface area contributed by atoms with E-state index in [1.165, 1.54) is 30.3 Å². The number of hydrogen-bond donors (Lipinski definition) is 4. The van der Waals surface area contributed by atoms with Crippen LogP contribution in [0.3, 0.4) is 0 Å². The maximum atomic E-state index is 15.4. The first kappa shape index (κ1) is 40.5. The number of carbonyl (C=O) groups excluding carboxylic acids is 1. The van der Waals surface area contributed by atoms with Gasteiger partial charge in [-0.05, 0) is 60.4 Å². The Balaban J connectivity index is 1.43. The van der Waals surface area contributed by atoms with Crippen LogP contribution in [0, 0.1) is 23.0 Å². The van der Waals surface area contributed by atoms with E-state index < -0.39 is 90.7 Å². The van der Waals surface area contributed by atoms with Crippen LogP contribution in [0.1, 0.15) is 58.7 Å². The highest BCUT2D eigenvalue weighted by atomic mass is 79.9. The summed E-state index contributed by atoms with van der Waals surface area (Å²) in [6.45, 7) is -1.99. The van der Waals surface area contributed by atoms with E-state index in [4.69, 9.17) is 17.0 Å². The normalized spacial score (nSPS) is 17.1. The van der Waals surface area contributed by atoms with Crippen molar-refractivity contribution in [2.24, 2.45) is 5.92 Å². The van der Waals surface area contributed by atoms with Crippen LogP contribution in [-0.4, -0.2) is 50.3 Å². The molecule has 3 unspecified atom stereocenters. The number of halogens is 10. The number of amidine groups is 1. The molecule has 2 heterocycles. The van der Waals surface area contributed by atoms with Gasteiger partial charge >= 0.3 is 0 Å². The largest absolute Gasteiger partial charge is 0.377 e. The van der Waals surface area contributed by atoms with Gasteiger partial charge in [0.1, 0.15) is 41.2 Å². The van der Waals surface area contributed by atoms with E-state index in [1.54, 1.807) is 6.26 Å². The number of rotatable bonds is 13. The van der Waals surface area contributed by atoms with Crippen LogP contribution >= 0.6 is 39.5 Å². The monoisotopic (exact) mass is 902 g/mol. The van der Waals surface area contributed by atoms with Crippen LogP contribution in [0.2, 0.25) is 5.02 Å². The first-order chi connectivity index (χ1) is 27.0. The van der Waals surface area contributed by atoms with Gasteiger partial charge in [0, 0.05) is 34.7 Å². The number of aromatic nitrogens is 4. The Morgan fingerprint density at radius 3 is 2.49 bits per heavy atom. The summed E-state index contributed by atoms with van der Waals surface area (Å²) in [7, 11) is 0. The second-order valence-electron chi connectivity index (χ2n) is 13.3. The van der Waals surface area contributed by atoms with Crippen molar-refractivity contribution < 1.29 is 39.9 Å². The highest BCUT2D eigenvalue weighted by Crippen LogP contribution is 2.68. The molecular weight excluding hydrogens is 876 g/mol. The zero-order valence-corrected chi connectivity index (χ0v) is 32.3. The Morgan fingerprint density at radius 1 is 1.11 bits per heavy atom. The smallest absolute Gasteiger partial charge is 0.293 e. The van der Waals surface area contributed by atoms with Gasteiger partial charge in [0.25, 0.3) is 24.3 Å². The molecule has 10 nitrogen and oxygen atoms in total. The Bertz CT molecular complexity index is 2480. The van der Waals surface area contributed by atoms with Gasteiger partial charge in [-0.3, -0.25) is 24.2 Å². The van der Waals surface area contributed by atoms with Gasteiger partial charge in [0.2, 0.25) is 5.91 Å². The standard InChI is InChI=1S/C36H28BrClF8N8O2S/c1-57-52-33(47)28-21(38)4-5-24(29(28)48-12-25(41)42)54-34(50-22-9-15(37)2-3-18(22)35(54)56)23(8-14-6-16(39)10-17(40)7-14)49-26(55)13-53-31-27(30(51-53)32(43)44)19-11-20(19)36(31,45)46/h2-7,9-10,19-20,23,25,32,48H,8,11-13H2,1H3,(H2,47,52)(H,49,55). The lowest BCUT2D eigenvalue weighted by Gasteiger charge is -2.26. The lowest BCUT2D eigenvalue weighted by molar-refractivity contribution is -0.123. The molecule has 0 saturated heterocycles. The molecule has 1 amide bonds. The molecule has 300 valence electrons. The van der Waals surface area contributed by atoms with Crippen molar-refractivity contribution in [3.8, 4) is 5.69 Å². The SMILES string of the molecule is CSNC(=N)c1c(Cl)ccc(-n2c(C(Cc3cc(F)cc(F)c3)NC(=O)Cn3nc(C(F)F)c4c3C(F)(F)C3CC43)nc3cc(Br)ccc3c2=O)c1NCC(F)F. The summed E-state index contributed by atoms with van der Waals surface area (Å²) >= 11 is 10.8. The first-order valence-electron chi connectivity index (χ1n) is 17.0. The Kier molecular flexibility index (Phi) is 11.1. The highest BCUT2D eigenvalue weighted by Gasteiger charge is 2.67. The van der Waals surface area contributed by atoms with E-state index in [1.807, 2.05) is 0 Å². The second kappa shape index (κ2) is 15.6. The van der Waals surface area contributed by atoms with Crippen LogP contribution in [0.25, 0.3) is 16.6 Å². The number of carbonyl (C=O) groups is 1. The highest BCUT2D eigenvalue weighted by molar-refractivity contribution is 9.10. The van der Waals surface area contributed by atoms with Crippen LogP contribution < -0.4 is 20.9 Å². The Labute approximate surface area is 335 Å². The van der Waals surface area contributed by atoms with E-state index in [2.05, 4.69) is 41.4 Å². The van der Waals surface area contributed by atoms with Gasteiger partial charge in [-0.1, -0.05) is 39.5 Å².